The van der Waals surface area contributed by atoms with E-state index in [1.165, 1.54) is 7.11 Å². The number of hydrogen-bond donors (Lipinski definition) is 5. The molecule has 2 rings (SSSR count). The molecule has 3 atom stereocenters. The molecule has 0 bridgehead atoms. The van der Waals surface area contributed by atoms with Crippen molar-refractivity contribution >= 4 is 47.6 Å². The summed E-state index contributed by atoms with van der Waals surface area (Å²) in [5.41, 5.74) is 13.1. The number of esters is 1. The number of aliphatic hydroxyl groups is 1. The van der Waals surface area contributed by atoms with E-state index in [4.69, 9.17) is 16.2 Å². The average molecular weight is 449 g/mol. The number of methoxy groups -OCH3 is 1. The van der Waals surface area contributed by atoms with Crippen LogP contribution in [0.3, 0.4) is 0 Å². The van der Waals surface area contributed by atoms with Crippen LogP contribution in [-0.2, 0) is 20.7 Å². The van der Waals surface area contributed by atoms with Crippen LogP contribution in [0.1, 0.15) is 24.8 Å². The number of nitrogens with two attached hydrogens (primary N) is 2. The van der Waals surface area contributed by atoms with E-state index in [0.29, 0.717) is 13.0 Å². The predicted octanol–water partition coefficient (Wildman–Crippen LogP) is 1.03. The van der Waals surface area contributed by atoms with Crippen LogP contribution in [0.2, 0.25) is 0 Å². The molecule has 164 valence electrons. The molecule has 0 aliphatic carbocycles. The van der Waals surface area contributed by atoms with Crippen LogP contribution >= 0.6 is 24.8 Å². The highest BCUT2D eigenvalue weighted by atomic mass is 35.5. The smallest absolute Gasteiger partial charge is 0.328 e. The minimum Gasteiger partial charge on any atom is -0.467 e. The second kappa shape index (κ2) is 13.4. The lowest BCUT2D eigenvalue weighted by molar-refractivity contribution is -0.146. The Morgan fingerprint density at radius 3 is 2.59 bits per heavy atom. The van der Waals surface area contributed by atoms with Gasteiger partial charge in [-0.2, -0.15) is 0 Å². The zero-order valence-corrected chi connectivity index (χ0v) is 17.9. The number of halogens is 2. The summed E-state index contributed by atoms with van der Waals surface area (Å²) in [4.78, 5) is 27.6. The molecular weight excluding hydrogens is 419 g/mol. The summed E-state index contributed by atoms with van der Waals surface area (Å²) < 4.78 is 4.80. The maximum absolute atomic E-state index is 12.4. The minimum atomic E-state index is -1.40. The molecule has 0 saturated heterocycles. The van der Waals surface area contributed by atoms with Crippen LogP contribution in [0.15, 0.2) is 30.5 Å². The number of rotatable bonds is 10. The third kappa shape index (κ3) is 7.49. The van der Waals surface area contributed by atoms with Gasteiger partial charge in [-0.3, -0.25) is 4.79 Å². The molecule has 0 unspecified atom stereocenters. The van der Waals surface area contributed by atoms with E-state index in [2.05, 4.69) is 10.3 Å². The fourth-order valence-corrected chi connectivity index (χ4v) is 2.99. The number of aromatic amines is 1. The second-order valence-electron chi connectivity index (χ2n) is 6.54. The molecule has 0 spiro atoms. The Balaban J connectivity index is 0.00000392. The molecule has 8 nitrogen and oxygen atoms in total. The van der Waals surface area contributed by atoms with Gasteiger partial charge in [-0.15, -0.1) is 24.8 Å². The van der Waals surface area contributed by atoms with Gasteiger partial charge in [-0.25, -0.2) is 4.79 Å². The Hall–Kier alpha value is -1.84. The molecular formula is C19H30Cl2N4O4. The molecule has 29 heavy (non-hydrogen) atoms. The highest BCUT2D eigenvalue weighted by molar-refractivity contribution is 5.89. The van der Waals surface area contributed by atoms with E-state index in [1.54, 1.807) is 6.20 Å². The first-order chi connectivity index (χ1) is 13.0. The number of carbonyl (C=O) groups is 2. The lowest BCUT2D eigenvalue weighted by Gasteiger charge is -2.22. The van der Waals surface area contributed by atoms with Crippen molar-refractivity contribution in [2.75, 3.05) is 13.7 Å². The van der Waals surface area contributed by atoms with Crippen molar-refractivity contribution in [2.24, 2.45) is 11.5 Å². The van der Waals surface area contributed by atoms with E-state index in [0.717, 1.165) is 29.3 Å². The molecule has 0 saturated carbocycles. The maximum Gasteiger partial charge on any atom is 0.328 e. The first kappa shape index (κ1) is 27.2. The third-order valence-electron chi connectivity index (χ3n) is 4.57. The van der Waals surface area contributed by atoms with Crippen LogP contribution in [0, 0.1) is 0 Å². The van der Waals surface area contributed by atoms with Crippen molar-refractivity contribution in [3.63, 3.8) is 0 Å². The molecule has 2 aromatic rings. The number of benzene rings is 1. The van der Waals surface area contributed by atoms with Gasteiger partial charge in [0.15, 0.2) is 0 Å². The molecule has 1 amide bonds. The number of aromatic nitrogens is 1. The summed E-state index contributed by atoms with van der Waals surface area (Å²) in [6, 6.07) is 6.02. The fourth-order valence-electron chi connectivity index (χ4n) is 2.99. The van der Waals surface area contributed by atoms with Crippen LogP contribution in [0.4, 0.5) is 0 Å². The summed E-state index contributed by atoms with van der Waals surface area (Å²) >= 11 is 0. The zero-order valence-electron chi connectivity index (χ0n) is 16.3. The topological polar surface area (TPSA) is 143 Å². The van der Waals surface area contributed by atoms with Gasteiger partial charge in [0.25, 0.3) is 5.91 Å². The number of amides is 1. The van der Waals surface area contributed by atoms with Gasteiger partial charge in [0.1, 0.15) is 12.1 Å². The molecule has 0 fully saturated rings. The molecule has 1 aromatic heterocycles. The van der Waals surface area contributed by atoms with E-state index in [-0.39, 0.29) is 31.2 Å². The number of para-hydroxylation sites is 1. The largest absolute Gasteiger partial charge is 0.467 e. The highest BCUT2D eigenvalue weighted by Gasteiger charge is 2.29. The Bertz CT molecular complexity index is 772. The first-order valence-corrected chi connectivity index (χ1v) is 9.04. The van der Waals surface area contributed by atoms with Gasteiger partial charge in [0.05, 0.1) is 7.11 Å². The zero-order chi connectivity index (χ0) is 19.8. The molecule has 10 heteroatoms. The summed E-state index contributed by atoms with van der Waals surface area (Å²) in [5.74, 6) is -1.27. The van der Waals surface area contributed by atoms with Gasteiger partial charge in [-0.1, -0.05) is 24.6 Å². The number of ether oxygens (including phenoxy) is 1. The third-order valence-corrected chi connectivity index (χ3v) is 4.57. The van der Waals surface area contributed by atoms with Gasteiger partial charge in [0, 0.05) is 29.6 Å². The number of hydrogen-bond acceptors (Lipinski definition) is 6. The molecule has 0 aliphatic heterocycles. The van der Waals surface area contributed by atoms with Crippen LogP contribution in [0.25, 0.3) is 10.9 Å². The van der Waals surface area contributed by atoms with Crippen molar-refractivity contribution in [2.45, 2.75) is 43.9 Å². The van der Waals surface area contributed by atoms with Crippen molar-refractivity contribution < 1.29 is 19.4 Å². The predicted molar refractivity (Wildman–Crippen MR) is 117 cm³/mol. The molecule has 1 heterocycles. The van der Waals surface area contributed by atoms with Crippen molar-refractivity contribution in [3.8, 4) is 0 Å². The summed E-state index contributed by atoms with van der Waals surface area (Å²) in [6.07, 6.45) is 2.58. The quantitative estimate of drug-likeness (QED) is 0.271. The van der Waals surface area contributed by atoms with Crippen LogP contribution in [-0.4, -0.2) is 53.8 Å². The summed E-state index contributed by atoms with van der Waals surface area (Å²) in [5, 5.41) is 13.7. The van der Waals surface area contributed by atoms with Crippen molar-refractivity contribution in [1.29, 1.82) is 0 Å². The summed E-state index contributed by atoms with van der Waals surface area (Å²) in [6.45, 7) is 0.532. The molecule has 7 N–H and O–H groups in total. The van der Waals surface area contributed by atoms with Crippen LogP contribution < -0.4 is 16.8 Å². The number of fused-ring (bicyclic) bond motifs is 1. The number of H-pyrrole nitrogens is 1. The van der Waals surface area contributed by atoms with Crippen molar-refractivity contribution in [3.05, 3.63) is 36.0 Å². The monoisotopic (exact) mass is 448 g/mol. The highest BCUT2D eigenvalue weighted by Crippen LogP contribution is 2.19. The van der Waals surface area contributed by atoms with E-state index >= 15 is 0 Å². The lowest BCUT2D eigenvalue weighted by atomic mass is 10.0. The van der Waals surface area contributed by atoms with E-state index in [9.17, 15) is 14.7 Å². The lowest BCUT2D eigenvalue weighted by Crippen LogP contribution is -2.52. The number of aliphatic hydroxyl groups excluding tert-OH is 1. The molecule has 0 aliphatic rings. The normalized spacial score (nSPS) is 13.5. The SMILES string of the molecule is COC(=O)[C@H](Cc1c[nH]c2ccccc12)NC(=O)[C@@H](O)[C@H](N)CCCCN.Cl.Cl. The van der Waals surface area contributed by atoms with E-state index in [1.807, 2.05) is 24.3 Å². The standard InChI is InChI=1S/C19H28N4O4.2ClH/c1-27-19(26)16(10-12-11-22-15-8-3-2-6-13(12)15)23-18(25)17(24)14(21)7-4-5-9-20;;/h2-3,6,8,11,14,16-17,22,24H,4-5,7,9-10,20-21H2,1H3,(H,23,25);2*1H/t14-,16+,17+;;/m1../s1. The van der Waals surface area contributed by atoms with Gasteiger partial charge in [-0.05, 0) is 31.0 Å². The fraction of sp³-hybridized carbons (Fsp3) is 0.474. The maximum atomic E-state index is 12.4. The second-order valence-corrected chi connectivity index (χ2v) is 6.54. The average Bonchev–Trinajstić information content (AvgIpc) is 3.09. The first-order valence-electron chi connectivity index (χ1n) is 9.04. The van der Waals surface area contributed by atoms with Crippen LogP contribution in [0.5, 0.6) is 0 Å². The number of nitrogens with one attached hydrogen (secondary N) is 2. The molecule has 1 aromatic carbocycles. The Kier molecular flexibility index (Phi) is 12.5. The summed E-state index contributed by atoms with van der Waals surface area (Å²) in [7, 11) is 1.26. The Labute approximate surface area is 182 Å². The van der Waals surface area contributed by atoms with Gasteiger partial charge >= 0.3 is 5.97 Å². The number of carbonyl (C=O) groups excluding carboxylic acids is 2. The van der Waals surface area contributed by atoms with Crippen molar-refractivity contribution in [1.82, 2.24) is 10.3 Å². The minimum absolute atomic E-state index is 0. The van der Waals surface area contributed by atoms with Gasteiger partial charge in [0.2, 0.25) is 0 Å². The Morgan fingerprint density at radius 1 is 1.24 bits per heavy atom. The number of unbranched alkanes of at least 4 members (excludes halogenated alkanes) is 1. The van der Waals surface area contributed by atoms with E-state index < -0.39 is 30.1 Å². The van der Waals surface area contributed by atoms with Gasteiger partial charge < -0.3 is 31.6 Å². The Morgan fingerprint density at radius 2 is 1.93 bits per heavy atom. The molecule has 0 radical (unpaired) electrons.